The van der Waals surface area contributed by atoms with Crippen LogP contribution in [0.4, 0.5) is 0 Å². The first kappa shape index (κ1) is 13.4. The van der Waals surface area contributed by atoms with Crippen molar-refractivity contribution < 1.29 is 0 Å². The second kappa shape index (κ2) is 5.62. The van der Waals surface area contributed by atoms with E-state index >= 15 is 0 Å². The van der Waals surface area contributed by atoms with E-state index in [1.165, 1.54) is 0 Å². The molecule has 1 heterocycles. The molecule has 0 saturated heterocycles. The minimum absolute atomic E-state index is 0.148. The molecule has 0 spiro atoms. The number of aromatic nitrogens is 2. The summed E-state index contributed by atoms with van der Waals surface area (Å²) in [5, 5.41) is 0.148. The van der Waals surface area contributed by atoms with Gasteiger partial charge in [-0.05, 0) is 19.4 Å². The zero-order valence-corrected chi connectivity index (χ0v) is 11.5. The van der Waals surface area contributed by atoms with Gasteiger partial charge < -0.3 is 0 Å². The summed E-state index contributed by atoms with van der Waals surface area (Å²) in [6, 6.07) is 2.04. The van der Waals surface area contributed by atoms with E-state index in [9.17, 15) is 0 Å². The minimum Gasteiger partial charge on any atom is -0.238 e. The molecule has 1 aromatic rings. The average molecular weight is 241 g/mol. The van der Waals surface area contributed by atoms with Gasteiger partial charge in [-0.1, -0.05) is 27.7 Å². The van der Waals surface area contributed by atoms with Gasteiger partial charge in [0.25, 0.3) is 0 Å². The highest BCUT2D eigenvalue weighted by atomic mass is 35.5. The maximum absolute atomic E-state index is 6.27. The number of hydrogen-bond donors (Lipinski definition) is 0. The van der Waals surface area contributed by atoms with Crippen LogP contribution in [0.1, 0.15) is 63.2 Å². The average Bonchev–Trinajstić information content (AvgIpc) is 2.26. The quantitative estimate of drug-likeness (QED) is 0.743. The summed E-state index contributed by atoms with van der Waals surface area (Å²) < 4.78 is 0. The zero-order valence-electron chi connectivity index (χ0n) is 10.8. The number of aryl methyl sites for hydroxylation is 1. The SMILES string of the molecule is CCC(Cl)C(C)c1cc(C)nc(C(C)C)n1. The van der Waals surface area contributed by atoms with E-state index in [2.05, 4.69) is 37.7 Å². The predicted octanol–water partition coefficient (Wildman–Crippen LogP) is 4.03. The van der Waals surface area contributed by atoms with Crippen molar-refractivity contribution in [2.75, 3.05) is 0 Å². The van der Waals surface area contributed by atoms with Crippen molar-refractivity contribution in [2.24, 2.45) is 0 Å². The Balaban J connectivity index is 3.04. The lowest BCUT2D eigenvalue weighted by Gasteiger charge is -2.17. The van der Waals surface area contributed by atoms with Gasteiger partial charge in [-0.15, -0.1) is 11.6 Å². The molecule has 3 heteroatoms. The fourth-order valence-electron chi connectivity index (χ4n) is 1.65. The number of halogens is 1. The van der Waals surface area contributed by atoms with Crippen LogP contribution in [0, 0.1) is 6.92 Å². The second-order valence-corrected chi connectivity index (χ2v) is 5.22. The summed E-state index contributed by atoms with van der Waals surface area (Å²) in [5.74, 6) is 1.56. The smallest absolute Gasteiger partial charge is 0.131 e. The van der Waals surface area contributed by atoms with Crippen molar-refractivity contribution in [1.29, 1.82) is 0 Å². The Morgan fingerprint density at radius 2 is 1.88 bits per heavy atom. The van der Waals surface area contributed by atoms with Crippen LogP contribution in [-0.4, -0.2) is 15.3 Å². The molecule has 1 aromatic heterocycles. The van der Waals surface area contributed by atoms with E-state index in [0.717, 1.165) is 23.6 Å². The normalized spacial score (nSPS) is 15.2. The van der Waals surface area contributed by atoms with Gasteiger partial charge in [0.1, 0.15) is 5.82 Å². The van der Waals surface area contributed by atoms with E-state index in [0.29, 0.717) is 5.92 Å². The molecule has 0 saturated carbocycles. The highest BCUT2D eigenvalue weighted by Crippen LogP contribution is 2.25. The van der Waals surface area contributed by atoms with Crippen molar-refractivity contribution >= 4 is 11.6 Å². The topological polar surface area (TPSA) is 25.8 Å². The molecular formula is C13H21ClN2. The number of nitrogens with zero attached hydrogens (tertiary/aromatic N) is 2. The van der Waals surface area contributed by atoms with E-state index < -0.39 is 0 Å². The molecule has 2 unspecified atom stereocenters. The number of rotatable bonds is 4. The van der Waals surface area contributed by atoms with E-state index in [4.69, 9.17) is 11.6 Å². The molecule has 0 radical (unpaired) electrons. The Labute approximate surface area is 103 Å². The van der Waals surface area contributed by atoms with Crippen molar-refractivity contribution in [3.63, 3.8) is 0 Å². The van der Waals surface area contributed by atoms with Crippen LogP contribution < -0.4 is 0 Å². The molecule has 2 nitrogen and oxygen atoms in total. The molecule has 0 aliphatic heterocycles. The molecule has 0 bridgehead atoms. The lowest BCUT2D eigenvalue weighted by atomic mass is 10.0. The van der Waals surface area contributed by atoms with Crippen LogP contribution in [0.5, 0.6) is 0 Å². The van der Waals surface area contributed by atoms with Crippen LogP contribution in [-0.2, 0) is 0 Å². The van der Waals surface area contributed by atoms with Crippen molar-refractivity contribution in [3.8, 4) is 0 Å². The largest absolute Gasteiger partial charge is 0.238 e. The lowest BCUT2D eigenvalue weighted by molar-refractivity contribution is 0.638. The standard InChI is InChI=1S/C13H21ClN2/c1-6-11(14)10(5)12-7-9(4)15-13(16-12)8(2)3/h7-8,10-11H,6H2,1-5H3. The first-order valence-corrected chi connectivity index (χ1v) is 6.38. The van der Waals surface area contributed by atoms with Crippen LogP contribution in [0.3, 0.4) is 0 Å². The molecular weight excluding hydrogens is 220 g/mol. The van der Waals surface area contributed by atoms with Gasteiger partial charge in [-0.3, -0.25) is 0 Å². The first-order chi connectivity index (χ1) is 7.45. The third kappa shape index (κ3) is 3.18. The summed E-state index contributed by atoms with van der Waals surface area (Å²) in [6.07, 6.45) is 0.961. The Morgan fingerprint density at radius 1 is 1.25 bits per heavy atom. The second-order valence-electron chi connectivity index (χ2n) is 4.66. The fourth-order valence-corrected chi connectivity index (χ4v) is 1.78. The van der Waals surface area contributed by atoms with Crippen molar-refractivity contribution in [3.05, 3.63) is 23.3 Å². The first-order valence-electron chi connectivity index (χ1n) is 5.95. The van der Waals surface area contributed by atoms with E-state index in [-0.39, 0.29) is 11.3 Å². The molecule has 0 amide bonds. The highest BCUT2D eigenvalue weighted by molar-refractivity contribution is 6.21. The van der Waals surface area contributed by atoms with Crippen LogP contribution >= 0.6 is 11.6 Å². The lowest BCUT2D eigenvalue weighted by Crippen LogP contribution is -2.13. The maximum Gasteiger partial charge on any atom is 0.131 e. The molecule has 2 atom stereocenters. The Bertz CT molecular complexity index is 350. The van der Waals surface area contributed by atoms with Crippen LogP contribution in [0.25, 0.3) is 0 Å². The van der Waals surface area contributed by atoms with Crippen LogP contribution in [0.2, 0.25) is 0 Å². The van der Waals surface area contributed by atoms with Crippen molar-refractivity contribution in [1.82, 2.24) is 9.97 Å². The maximum atomic E-state index is 6.27. The molecule has 1 rings (SSSR count). The number of alkyl halides is 1. The molecule has 0 fully saturated rings. The van der Waals surface area contributed by atoms with Gasteiger partial charge in [-0.2, -0.15) is 0 Å². The predicted molar refractivity (Wildman–Crippen MR) is 69.2 cm³/mol. The van der Waals surface area contributed by atoms with Gasteiger partial charge in [0.15, 0.2) is 0 Å². The summed E-state index contributed by atoms with van der Waals surface area (Å²) in [5.41, 5.74) is 2.10. The molecule has 0 N–H and O–H groups in total. The monoisotopic (exact) mass is 240 g/mol. The van der Waals surface area contributed by atoms with Gasteiger partial charge in [0.05, 0.1) is 0 Å². The van der Waals surface area contributed by atoms with Gasteiger partial charge in [0, 0.05) is 28.6 Å². The Kier molecular flexibility index (Phi) is 4.72. The van der Waals surface area contributed by atoms with Crippen LogP contribution in [0.15, 0.2) is 6.07 Å². The molecule has 0 aliphatic carbocycles. The minimum atomic E-state index is 0.148. The van der Waals surface area contributed by atoms with Gasteiger partial charge >= 0.3 is 0 Å². The summed E-state index contributed by atoms with van der Waals surface area (Å²) in [4.78, 5) is 9.05. The van der Waals surface area contributed by atoms with Crippen molar-refractivity contribution in [2.45, 2.75) is 58.3 Å². The van der Waals surface area contributed by atoms with Gasteiger partial charge in [0.2, 0.25) is 0 Å². The van der Waals surface area contributed by atoms with E-state index in [1.807, 2.05) is 13.0 Å². The van der Waals surface area contributed by atoms with E-state index in [1.54, 1.807) is 0 Å². The molecule has 90 valence electrons. The third-order valence-electron chi connectivity index (χ3n) is 2.81. The Hall–Kier alpha value is -0.630. The summed E-state index contributed by atoms with van der Waals surface area (Å²) in [7, 11) is 0. The Morgan fingerprint density at radius 3 is 2.38 bits per heavy atom. The molecule has 0 aliphatic rings. The summed E-state index contributed by atoms with van der Waals surface area (Å²) in [6.45, 7) is 10.5. The van der Waals surface area contributed by atoms with Gasteiger partial charge in [-0.25, -0.2) is 9.97 Å². The highest BCUT2D eigenvalue weighted by Gasteiger charge is 2.17. The number of hydrogen-bond acceptors (Lipinski definition) is 2. The summed E-state index contributed by atoms with van der Waals surface area (Å²) >= 11 is 6.27. The fraction of sp³-hybridized carbons (Fsp3) is 0.692. The molecule has 0 aromatic carbocycles. The third-order valence-corrected chi connectivity index (χ3v) is 3.49. The zero-order chi connectivity index (χ0) is 12.3. The molecule has 16 heavy (non-hydrogen) atoms.